The number of hydrogen-bond acceptors (Lipinski definition) is 5. The van der Waals surface area contributed by atoms with Crippen LogP contribution in [0.5, 0.6) is 0 Å². The minimum atomic E-state index is 0.484. The van der Waals surface area contributed by atoms with Crippen LogP contribution < -0.4 is 10.6 Å². The highest BCUT2D eigenvalue weighted by Gasteiger charge is 2.03. The lowest BCUT2D eigenvalue weighted by Gasteiger charge is -2.09. The maximum absolute atomic E-state index is 6.15. The zero-order chi connectivity index (χ0) is 17.5. The van der Waals surface area contributed by atoms with Crippen LogP contribution in [0.1, 0.15) is 11.1 Å². The molecule has 3 aromatic rings. The highest BCUT2D eigenvalue weighted by molar-refractivity contribution is 6.31. The Bertz CT molecular complexity index is 824. The summed E-state index contributed by atoms with van der Waals surface area (Å²) < 4.78 is 0. The summed E-state index contributed by atoms with van der Waals surface area (Å²) in [5.74, 6) is 1.13. The molecule has 5 nitrogen and oxygen atoms in total. The first-order valence-electron chi connectivity index (χ1n) is 7.86. The molecule has 128 valence electrons. The minimum absolute atomic E-state index is 0.484. The van der Waals surface area contributed by atoms with Gasteiger partial charge in [-0.3, -0.25) is 0 Å². The molecule has 0 amide bonds. The predicted octanol–water partition coefficient (Wildman–Crippen LogP) is 4.45. The number of rotatable bonds is 7. The van der Waals surface area contributed by atoms with Gasteiger partial charge >= 0.3 is 0 Å². The Hall–Kier alpha value is -2.37. The third-order valence-corrected chi connectivity index (χ3v) is 4.21. The molecule has 0 saturated heterocycles. The van der Waals surface area contributed by atoms with Crippen LogP contribution in [0.4, 0.5) is 11.8 Å². The van der Waals surface area contributed by atoms with E-state index in [0.717, 1.165) is 22.0 Å². The lowest BCUT2D eigenvalue weighted by Crippen LogP contribution is -2.10. The molecule has 25 heavy (non-hydrogen) atoms. The highest BCUT2D eigenvalue weighted by atomic mass is 35.5. The number of nitrogens with one attached hydrogen (secondary N) is 2. The maximum Gasteiger partial charge on any atom is 0.244 e. The summed E-state index contributed by atoms with van der Waals surface area (Å²) in [4.78, 5) is 4.40. The van der Waals surface area contributed by atoms with E-state index in [9.17, 15) is 0 Å². The summed E-state index contributed by atoms with van der Waals surface area (Å²) in [6.07, 6.45) is 2.43. The van der Waals surface area contributed by atoms with E-state index in [1.807, 2.05) is 48.5 Å². The second kappa shape index (κ2) is 8.65. The van der Waals surface area contributed by atoms with Crippen LogP contribution in [-0.2, 0) is 13.0 Å². The summed E-state index contributed by atoms with van der Waals surface area (Å²) in [6.45, 7) is 1.28. The Kier molecular flexibility index (Phi) is 6.04. The average Bonchev–Trinajstić information content (AvgIpc) is 2.63. The molecule has 0 aliphatic carbocycles. The SMILES string of the molecule is Clc1ccc(CCNc2nncc(NCc3ccccc3Cl)n2)cc1. The van der Waals surface area contributed by atoms with Crippen molar-refractivity contribution in [2.24, 2.45) is 0 Å². The van der Waals surface area contributed by atoms with Gasteiger partial charge in [0.05, 0.1) is 6.20 Å². The summed E-state index contributed by atoms with van der Waals surface area (Å²) >= 11 is 12.0. The molecule has 0 radical (unpaired) electrons. The lowest BCUT2D eigenvalue weighted by atomic mass is 10.1. The van der Waals surface area contributed by atoms with Crippen molar-refractivity contribution < 1.29 is 0 Å². The molecule has 2 N–H and O–H groups in total. The Morgan fingerprint density at radius 2 is 1.72 bits per heavy atom. The molecule has 0 aliphatic rings. The van der Waals surface area contributed by atoms with Gasteiger partial charge in [0, 0.05) is 23.1 Å². The van der Waals surface area contributed by atoms with Crippen molar-refractivity contribution >= 4 is 35.0 Å². The van der Waals surface area contributed by atoms with Crippen LogP contribution in [0.3, 0.4) is 0 Å². The molecule has 0 spiro atoms. The van der Waals surface area contributed by atoms with E-state index in [-0.39, 0.29) is 0 Å². The van der Waals surface area contributed by atoms with Gasteiger partial charge in [-0.25, -0.2) is 0 Å². The highest BCUT2D eigenvalue weighted by Crippen LogP contribution is 2.16. The van der Waals surface area contributed by atoms with Crippen molar-refractivity contribution in [1.82, 2.24) is 15.2 Å². The quantitative estimate of drug-likeness (QED) is 0.640. The smallest absolute Gasteiger partial charge is 0.244 e. The largest absolute Gasteiger partial charge is 0.364 e. The lowest BCUT2D eigenvalue weighted by molar-refractivity contribution is 0.921. The Labute approximate surface area is 156 Å². The van der Waals surface area contributed by atoms with Crippen molar-refractivity contribution in [2.45, 2.75) is 13.0 Å². The summed E-state index contributed by atoms with van der Waals surface area (Å²) in [7, 11) is 0. The Morgan fingerprint density at radius 3 is 2.52 bits per heavy atom. The van der Waals surface area contributed by atoms with E-state index >= 15 is 0 Å². The number of nitrogens with zero attached hydrogens (tertiary/aromatic N) is 3. The van der Waals surface area contributed by atoms with Crippen LogP contribution in [0.15, 0.2) is 54.7 Å². The van der Waals surface area contributed by atoms with Crippen LogP contribution >= 0.6 is 23.2 Å². The van der Waals surface area contributed by atoms with Crippen molar-refractivity contribution in [3.63, 3.8) is 0 Å². The molecular formula is C18H17Cl2N5. The van der Waals surface area contributed by atoms with Gasteiger partial charge in [-0.05, 0) is 35.7 Å². The standard InChI is InChI=1S/C18H17Cl2N5/c19-15-7-5-13(6-8-15)9-10-21-18-24-17(12-23-25-18)22-11-14-3-1-2-4-16(14)20/h1-8,12H,9-11H2,(H2,21,22,24,25). The molecule has 0 bridgehead atoms. The van der Waals surface area contributed by atoms with E-state index < -0.39 is 0 Å². The van der Waals surface area contributed by atoms with E-state index in [4.69, 9.17) is 23.2 Å². The van der Waals surface area contributed by atoms with Gasteiger partial charge in [-0.15, -0.1) is 5.10 Å². The van der Waals surface area contributed by atoms with Gasteiger partial charge in [0.15, 0.2) is 5.82 Å². The van der Waals surface area contributed by atoms with Gasteiger partial charge in [-0.1, -0.05) is 53.5 Å². The molecule has 0 fully saturated rings. The van der Waals surface area contributed by atoms with Crippen LogP contribution in [0.25, 0.3) is 0 Å². The van der Waals surface area contributed by atoms with Gasteiger partial charge in [-0.2, -0.15) is 10.1 Å². The number of anilines is 2. The second-order valence-electron chi connectivity index (χ2n) is 5.41. The molecule has 0 atom stereocenters. The van der Waals surface area contributed by atoms with E-state index in [2.05, 4.69) is 25.8 Å². The van der Waals surface area contributed by atoms with Crippen molar-refractivity contribution in [3.05, 3.63) is 75.9 Å². The number of aromatic nitrogens is 3. The van der Waals surface area contributed by atoms with Crippen molar-refractivity contribution in [1.29, 1.82) is 0 Å². The fourth-order valence-electron chi connectivity index (χ4n) is 2.26. The topological polar surface area (TPSA) is 62.7 Å². The number of halogens is 2. The van der Waals surface area contributed by atoms with Gasteiger partial charge < -0.3 is 10.6 Å². The summed E-state index contributed by atoms with van der Waals surface area (Å²) in [5.41, 5.74) is 2.19. The molecule has 7 heteroatoms. The van der Waals surface area contributed by atoms with Gasteiger partial charge in [0.2, 0.25) is 5.95 Å². The van der Waals surface area contributed by atoms with Crippen LogP contribution in [-0.4, -0.2) is 21.7 Å². The average molecular weight is 374 g/mol. The summed E-state index contributed by atoms with van der Waals surface area (Å²) in [6, 6.07) is 15.5. The Balaban J connectivity index is 1.52. The monoisotopic (exact) mass is 373 g/mol. The first kappa shape index (κ1) is 17.5. The van der Waals surface area contributed by atoms with E-state index in [1.165, 1.54) is 5.56 Å². The molecule has 0 aliphatic heterocycles. The van der Waals surface area contributed by atoms with Gasteiger partial charge in [0.1, 0.15) is 0 Å². The third-order valence-electron chi connectivity index (χ3n) is 3.59. The molecule has 1 heterocycles. The van der Waals surface area contributed by atoms with Crippen molar-refractivity contribution in [2.75, 3.05) is 17.2 Å². The molecular weight excluding hydrogens is 357 g/mol. The molecule has 0 saturated carbocycles. The second-order valence-corrected chi connectivity index (χ2v) is 6.26. The first-order valence-corrected chi connectivity index (χ1v) is 8.61. The number of benzene rings is 2. The summed E-state index contributed by atoms with van der Waals surface area (Å²) in [5, 5.41) is 15.8. The third kappa shape index (κ3) is 5.31. The minimum Gasteiger partial charge on any atom is -0.364 e. The van der Waals surface area contributed by atoms with Gasteiger partial charge in [0.25, 0.3) is 0 Å². The molecule has 3 rings (SSSR count). The molecule has 0 unspecified atom stereocenters. The maximum atomic E-state index is 6.15. The van der Waals surface area contributed by atoms with Crippen LogP contribution in [0, 0.1) is 0 Å². The fourth-order valence-corrected chi connectivity index (χ4v) is 2.59. The molecule has 2 aromatic carbocycles. The number of hydrogen-bond donors (Lipinski definition) is 2. The zero-order valence-corrected chi connectivity index (χ0v) is 14.9. The van der Waals surface area contributed by atoms with E-state index in [0.29, 0.717) is 24.9 Å². The molecule has 1 aromatic heterocycles. The fraction of sp³-hybridized carbons (Fsp3) is 0.167. The normalized spacial score (nSPS) is 10.5. The van der Waals surface area contributed by atoms with Crippen molar-refractivity contribution in [3.8, 4) is 0 Å². The van der Waals surface area contributed by atoms with Crippen LogP contribution in [0.2, 0.25) is 10.0 Å². The Morgan fingerprint density at radius 1 is 0.920 bits per heavy atom. The predicted molar refractivity (Wildman–Crippen MR) is 102 cm³/mol. The zero-order valence-electron chi connectivity index (χ0n) is 13.4. The first-order chi connectivity index (χ1) is 12.2. The van der Waals surface area contributed by atoms with E-state index in [1.54, 1.807) is 6.20 Å².